The first kappa shape index (κ1) is 25.5. The van der Waals surface area contributed by atoms with Crippen molar-refractivity contribution in [3.63, 3.8) is 0 Å². The zero-order valence-electron chi connectivity index (χ0n) is 19.9. The van der Waals surface area contributed by atoms with E-state index < -0.39 is 11.7 Å². The highest BCUT2D eigenvalue weighted by Crippen LogP contribution is 2.30. The first-order valence-corrected chi connectivity index (χ1v) is 12.2. The van der Waals surface area contributed by atoms with Gasteiger partial charge in [0.25, 0.3) is 5.91 Å². The third-order valence-electron chi connectivity index (χ3n) is 6.75. The summed E-state index contributed by atoms with van der Waals surface area (Å²) in [5.41, 5.74) is 1.84. The average Bonchev–Trinajstić information content (AvgIpc) is 2.91. The van der Waals surface area contributed by atoms with Gasteiger partial charge in [0, 0.05) is 37.0 Å². The number of nitrogens with one attached hydrogen (secondary N) is 1. The van der Waals surface area contributed by atoms with Crippen LogP contribution in [0.15, 0.2) is 84.9 Å². The number of carbonyl (C=O) groups is 2. The molecule has 3 aromatic rings. The molecule has 7 heteroatoms. The Morgan fingerprint density at radius 1 is 0.833 bits per heavy atom. The third kappa shape index (κ3) is 6.33. The van der Waals surface area contributed by atoms with Crippen LogP contribution in [0.3, 0.4) is 0 Å². The smallest absolute Gasteiger partial charge is 0.356 e. The number of nitrogens with zero attached hydrogens (tertiary/aromatic N) is 1. The molecule has 36 heavy (non-hydrogen) atoms. The molecule has 0 spiro atoms. The second-order valence-electron chi connectivity index (χ2n) is 9.10. The number of piperidine rings is 1. The van der Waals surface area contributed by atoms with Crippen LogP contribution in [0.25, 0.3) is 0 Å². The van der Waals surface area contributed by atoms with E-state index in [4.69, 9.17) is 0 Å². The summed E-state index contributed by atoms with van der Waals surface area (Å²) >= 11 is 0. The topological polar surface area (TPSA) is 49.4 Å². The first-order valence-electron chi connectivity index (χ1n) is 12.2. The monoisotopic (exact) mass is 494 g/mol. The maximum absolute atomic E-state index is 12.8. The number of amides is 2. The number of benzene rings is 3. The van der Waals surface area contributed by atoms with Gasteiger partial charge in [-0.05, 0) is 54.7 Å². The van der Waals surface area contributed by atoms with E-state index in [1.165, 1.54) is 23.3 Å². The quantitative estimate of drug-likeness (QED) is 0.445. The van der Waals surface area contributed by atoms with Crippen LogP contribution in [-0.4, -0.2) is 36.3 Å². The summed E-state index contributed by atoms with van der Waals surface area (Å²) in [4.78, 5) is 27.1. The Labute approximate surface area is 209 Å². The number of carbonyl (C=O) groups excluding carboxylic acids is 2. The van der Waals surface area contributed by atoms with Gasteiger partial charge in [-0.2, -0.15) is 13.2 Å². The van der Waals surface area contributed by atoms with Crippen molar-refractivity contribution in [3.05, 3.63) is 107 Å². The molecule has 0 bridgehead atoms. The maximum Gasteiger partial charge on any atom is 0.416 e. The van der Waals surface area contributed by atoms with E-state index in [2.05, 4.69) is 29.6 Å². The van der Waals surface area contributed by atoms with Gasteiger partial charge in [0.2, 0.25) is 5.91 Å². The van der Waals surface area contributed by atoms with E-state index in [0.29, 0.717) is 32.5 Å². The van der Waals surface area contributed by atoms with Gasteiger partial charge in [-0.15, -0.1) is 0 Å². The van der Waals surface area contributed by atoms with Crippen molar-refractivity contribution in [2.45, 2.75) is 31.4 Å². The van der Waals surface area contributed by atoms with Crippen LogP contribution < -0.4 is 5.32 Å². The van der Waals surface area contributed by atoms with E-state index >= 15 is 0 Å². The van der Waals surface area contributed by atoms with Crippen molar-refractivity contribution < 1.29 is 22.8 Å². The largest absolute Gasteiger partial charge is 0.416 e. The molecular formula is C29H29F3N2O2. The average molecular weight is 495 g/mol. The summed E-state index contributed by atoms with van der Waals surface area (Å²) in [6.07, 6.45) is -2.61. The van der Waals surface area contributed by atoms with E-state index in [0.717, 1.165) is 18.6 Å². The molecule has 1 aliphatic rings. The second-order valence-corrected chi connectivity index (χ2v) is 9.10. The number of alkyl halides is 3. The summed E-state index contributed by atoms with van der Waals surface area (Å²) in [6, 6.07) is 24.7. The lowest BCUT2D eigenvalue weighted by Crippen LogP contribution is -2.43. The zero-order valence-corrected chi connectivity index (χ0v) is 19.9. The summed E-state index contributed by atoms with van der Waals surface area (Å²) in [5.74, 6) is -0.336. The highest BCUT2D eigenvalue weighted by molar-refractivity contribution is 5.94. The van der Waals surface area contributed by atoms with Crippen molar-refractivity contribution in [3.8, 4) is 0 Å². The molecule has 2 amide bonds. The fourth-order valence-corrected chi connectivity index (χ4v) is 4.71. The molecule has 0 radical (unpaired) electrons. The van der Waals surface area contributed by atoms with Crippen molar-refractivity contribution in [1.29, 1.82) is 0 Å². The van der Waals surface area contributed by atoms with Gasteiger partial charge < -0.3 is 10.2 Å². The number of halogens is 3. The molecule has 188 valence electrons. The lowest BCUT2D eigenvalue weighted by Gasteiger charge is -2.31. The van der Waals surface area contributed by atoms with Crippen LogP contribution in [0, 0.1) is 5.92 Å². The minimum atomic E-state index is -4.44. The lowest BCUT2D eigenvalue weighted by atomic mass is 9.88. The number of likely N-dealkylation sites (tertiary alicyclic amines) is 1. The first-order chi connectivity index (χ1) is 17.3. The Bertz CT molecular complexity index is 1100. The Morgan fingerprint density at radius 3 is 1.86 bits per heavy atom. The van der Waals surface area contributed by atoms with E-state index in [1.807, 2.05) is 36.4 Å². The van der Waals surface area contributed by atoms with Crippen molar-refractivity contribution in [2.75, 3.05) is 19.6 Å². The van der Waals surface area contributed by atoms with Crippen LogP contribution >= 0.6 is 0 Å². The van der Waals surface area contributed by atoms with Crippen LogP contribution in [0.1, 0.15) is 52.2 Å². The molecule has 1 aliphatic heterocycles. The van der Waals surface area contributed by atoms with Crippen LogP contribution in [-0.2, 0) is 11.0 Å². The molecule has 4 rings (SSSR count). The SMILES string of the molecule is O=C(NCCC(c1ccccc1)c1ccccc1)C1CCN(C(=O)c2ccc(C(F)(F)F)cc2)CC1. The summed E-state index contributed by atoms with van der Waals surface area (Å²) in [7, 11) is 0. The molecule has 1 heterocycles. The second kappa shape index (κ2) is 11.4. The molecule has 4 nitrogen and oxygen atoms in total. The third-order valence-corrected chi connectivity index (χ3v) is 6.75. The minimum Gasteiger partial charge on any atom is -0.356 e. The predicted octanol–water partition coefficient (Wildman–Crippen LogP) is 5.90. The molecule has 0 aromatic heterocycles. The lowest BCUT2D eigenvalue weighted by molar-refractivity contribution is -0.137. The number of hydrogen-bond donors (Lipinski definition) is 1. The van der Waals surface area contributed by atoms with Gasteiger partial charge in [-0.1, -0.05) is 60.7 Å². The summed E-state index contributed by atoms with van der Waals surface area (Å²) in [5, 5.41) is 3.07. The fourth-order valence-electron chi connectivity index (χ4n) is 4.71. The Kier molecular flexibility index (Phi) is 8.08. The molecule has 0 saturated carbocycles. The maximum atomic E-state index is 12.8. The highest BCUT2D eigenvalue weighted by Gasteiger charge is 2.31. The molecule has 1 fully saturated rings. The molecule has 3 aromatic carbocycles. The highest BCUT2D eigenvalue weighted by atomic mass is 19.4. The predicted molar refractivity (Wildman–Crippen MR) is 132 cm³/mol. The van der Waals surface area contributed by atoms with E-state index in [-0.39, 0.29) is 29.2 Å². The van der Waals surface area contributed by atoms with E-state index in [1.54, 1.807) is 4.90 Å². The van der Waals surface area contributed by atoms with Crippen LogP contribution in [0.2, 0.25) is 0 Å². The van der Waals surface area contributed by atoms with E-state index in [9.17, 15) is 22.8 Å². The molecular weight excluding hydrogens is 465 g/mol. The summed E-state index contributed by atoms with van der Waals surface area (Å²) < 4.78 is 38.3. The Hall–Kier alpha value is -3.61. The molecule has 1 saturated heterocycles. The van der Waals surface area contributed by atoms with Gasteiger partial charge in [-0.25, -0.2) is 0 Å². The molecule has 0 atom stereocenters. The van der Waals surface area contributed by atoms with Crippen molar-refractivity contribution in [1.82, 2.24) is 10.2 Å². The van der Waals surface area contributed by atoms with Gasteiger partial charge in [-0.3, -0.25) is 9.59 Å². The minimum absolute atomic E-state index is 0.0171. The number of rotatable bonds is 7. The Morgan fingerprint density at radius 2 is 1.36 bits per heavy atom. The van der Waals surface area contributed by atoms with Gasteiger partial charge in [0.1, 0.15) is 0 Å². The fraction of sp³-hybridized carbons (Fsp3) is 0.310. The van der Waals surface area contributed by atoms with Crippen molar-refractivity contribution in [2.24, 2.45) is 5.92 Å². The summed E-state index contributed by atoms with van der Waals surface area (Å²) in [6.45, 7) is 1.33. The zero-order chi connectivity index (χ0) is 25.5. The molecule has 0 aliphatic carbocycles. The Balaban J connectivity index is 1.28. The van der Waals surface area contributed by atoms with Crippen molar-refractivity contribution >= 4 is 11.8 Å². The molecule has 0 unspecified atom stereocenters. The standard InChI is InChI=1S/C29H29F3N2O2/c30-29(31,32)25-13-11-24(12-14-25)28(36)34-19-16-23(17-20-34)27(35)33-18-15-26(21-7-3-1-4-8-21)22-9-5-2-6-10-22/h1-14,23,26H,15-20H2,(H,33,35). The van der Waals surface area contributed by atoms with Gasteiger partial charge in [0.05, 0.1) is 5.56 Å². The normalized spacial score (nSPS) is 14.6. The van der Waals surface area contributed by atoms with Crippen LogP contribution in [0.5, 0.6) is 0 Å². The van der Waals surface area contributed by atoms with Gasteiger partial charge >= 0.3 is 6.18 Å². The van der Waals surface area contributed by atoms with Gasteiger partial charge in [0.15, 0.2) is 0 Å². The molecule has 1 N–H and O–H groups in total. The number of hydrogen-bond acceptors (Lipinski definition) is 2. The van der Waals surface area contributed by atoms with Crippen LogP contribution in [0.4, 0.5) is 13.2 Å².